The van der Waals surface area contributed by atoms with Gasteiger partial charge < -0.3 is 9.57 Å². The zero-order chi connectivity index (χ0) is 16.1. The summed E-state index contributed by atoms with van der Waals surface area (Å²) in [7, 11) is 1.46. The minimum Gasteiger partial charge on any atom is -0.493 e. The highest BCUT2D eigenvalue weighted by atomic mass is 32.2. The van der Waals surface area contributed by atoms with Gasteiger partial charge in [-0.2, -0.15) is 0 Å². The zero-order valence-electron chi connectivity index (χ0n) is 12.6. The molecule has 3 aromatic rings. The SMILES string of the molecule is COn1c(SCCOc2ccccc2)nc2ccccc2c1=O. The van der Waals surface area contributed by atoms with Gasteiger partial charge in [0, 0.05) is 5.75 Å². The smallest absolute Gasteiger partial charge is 0.295 e. The molecule has 0 saturated heterocycles. The van der Waals surface area contributed by atoms with Crippen molar-refractivity contribution in [3.63, 3.8) is 0 Å². The molecular weight excluding hydrogens is 312 g/mol. The Morgan fingerprint density at radius 2 is 1.83 bits per heavy atom. The van der Waals surface area contributed by atoms with E-state index in [0.717, 1.165) is 5.75 Å². The Balaban J connectivity index is 1.73. The lowest BCUT2D eigenvalue weighted by molar-refractivity contribution is 0.131. The Bertz CT molecular complexity index is 849. The van der Waals surface area contributed by atoms with Crippen LogP contribution in [0.15, 0.2) is 64.5 Å². The molecule has 0 unspecified atom stereocenters. The van der Waals surface area contributed by atoms with E-state index in [2.05, 4.69) is 4.98 Å². The summed E-state index contributed by atoms with van der Waals surface area (Å²) in [6, 6.07) is 16.8. The predicted molar refractivity (Wildman–Crippen MR) is 91.2 cm³/mol. The van der Waals surface area contributed by atoms with Crippen molar-refractivity contribution in [2.75, 3.05) is 19.5 Å². The summed E-state index contributed by atoms with van der Waals surface area (Å²) >= 11 is 1.42. The van der Waals surface area contributed by atoms with Crippen molar-refractivity contribution in [1.29, 1.82) is 0 Å². The molecule has 5 nitrogen and oxygen atoms in total. The first-order valence-electron chi connectivity index (χ1n) is 7.16. The van der Waals surface area contributed by atoms with Gasteiger partial charge in [-0.1, -0.05) is 42.1 Å². The van der Waals surface area contributed by atoms with Crippen LogP contribution < -0.4 is 15.1 Å². The predicted octanol–water partition coefficient (Wildman–Crippen LogP) is 2.63. The van der Waals surface area contributed by atoms with Crippen LogP contribution in [0.25, 0.3) is 10.9 Å². The van der Waals surface area contributed by atoms with Crippen LogP contribution in [0.2, 0.25) is 0 Å². The van der Waals surface area contributed by atoms with Gasteiger partial charge in [-0.15, -0.1) is 4.73 Å². The number of thioether (sulfide) groups is 1. The first-order valence-corrected chi connectivity index (χ1v) is 8.15. The maximum atomic E-state index is 12.4. The Hall–Kier alpha value is -2.47. The lowest BCUT2D eigenvalue weighted by Gasteiger charge is -2.11. The summed E-state index contributed by atoms with van der Waals surface area (Å²) in [4.78, 5) is 22.1. The van der Waals surface area contributed by atoms with E-state index in [1.54, 1.807) is 6.07 Å². The minimum absolute atomic E-state index is 0.204. The third-order valence-corrected chi connectivity index (χ3v) is 4.10. The van der Waals surface area contributed by atoms with Gasteiger partial charge in [-0.05, 0) is 24.3 Å². The first kappa shape index (κ1) is 15.4. The molecule has 1 aromatic heterocycles. The number of hydrogen-bond acceptors (Lipinski definition) is 5. The van der Waals surface area contributed by atoms with Crippen LogP contribution in [-0.2, 0) is 0 Å². The molecule has 0 N–H and O–H groups in total. The quantitative estimate of drug-likeness (QED) is 0.395. The van der Waals surface area contributed by atoms with Crippen molar-refractivity contribution in [3.8, 4) is 5.75 Å². The third kappa shape index (κ3) is 3.48. The summed E-state index contributed by atoms with van der Waals surface area (Å²) in [5.74, 6) is 1.48. The Morgan fingerprint density at radius 1 is 1.09 bits per heavy atom. The van der Waals surface area contributed by atoms with Gasteiger partial charge in [-0.25, -0.2) is 4.98 Å². The fourth-order valence-corrected chi connectivity index (χ4v) is 2.94. The number of rotatable bonds is 6. The normalized spacial score (nSPS) is 10.7. The van der Waals surface area contributed by atoms with Crippen LogP contribution in [-0.4, -0.2) is 29.2 Å². The molecule has 23 heavy (non-hydrogen) atoms. The van der Waals surface area contributed by atoms with Crippen molar-refractivity contribution in [2.24, 2.45) is 0 Å². The number of para-hydroxylation sites is 2. The van der Waals surface area contributed by atoms with E-state index in [9.17, 15) is 4.79 Å². The summed E-state index contributed by atoms with van der Waals surface area (Å²) in [6.07, 6.45) is 0. The van der Waals surface area contributed by atoms with Gasteiger partial charge in [0.25, 0.3) is 5.56 Å². The molecule has 0 fully saturated rings. The molecule has 1 heterocycles. The molecule has 0 aliphatic carbocycles. The fraction of sp³-hybridized carbons (Fsp3) is 0.176. The van der Waals surface area contributed by atoms with Crippen molar-refractivity contribution in [2.45, 2.75) is 5.16 Å². The number of nitrogens with zero attached hydrogens (tertiary/aromatic N) is 2. The third-order valence-electron chi connectivity index (χ3n) is 3.22. The van der Waals surface area contributed by atoms with E-state index in [4.69, 9.17) is 9.57 Å². The molecular formula is C17H16N2O3S. The van der Waals surface area contributed by atoms with Gasteiger partial charge in [0.2, 0.25) is 5.16 Å². The number of ether oxygens (including phenoxy) is 1. The Kier molecular flexibility index (Phi) is 4.83. The highest BCUT2D eigenvalue weighted by Gasteiger charge is 2.11. The van der Waals surface area contributed by atoms with Crippen molar-refractivity contribution >= 4 is 22.7 Å². The van der Waals surface area contributed by atoms with Gasteiger partial charge in [0.1, 0.15) is 12.9 Å². The lowest BCUT2D eigenvalue weighted by Crippen LogP contribution is -2.27. The average Bonchev–Trinajstić information content (AvgIpc) is 2.60. The number of hydrogen-bond donors (Lipinski definition) is 0. The molecule has 0 spiro atoms. The number of fused-ring (bicyclic) bond motifs is 1. The van der Waals surface area contributed by atoms with Gasteiger partial charge in [0.15, 0.2) is 0 Å². The summed E-state index contributed by atoms with van der Waals surface area (Å²) < 4.78 is 6.86. The van der Waals surface area contributed by atoms with Crippen LogP contribution in [0.1, 0.15) is 0 Å². The largest absolute Gasteiger partial charge is 0.493 e. The van der Waals surface area contributed by atoms with E-state index in [-0.39, 0.29) is 5.56 Å². The highest BCUT2D eigenvalue weighted by molar-refractivity contribution is 7.99. The van der Waals surface area contributed by atoms with Gasteiger partial charge in [0.05, 0.1) is 17.5 Å². The van der Waals surface area contributed by atoms with E-state index in [0.29, 0.717) is 28.4 Å². The molecule has 0 bridgehead atoms. The molecule has 2 aromatic carbocycles. The molecule has 118 valence electrons. The first-order chi connectivity index (χ1) is 11.3. The van der Waals surface area contributed by atoms with E-state index in [1.165, 1.54) is 23.6 Å². The molecule has 0 aliphatic rings. The van der Waals surface area contributed by atoms with Crippen molar-refractivity contribution < 1.29 is 9.57 Å². The second kappa shape index (κ2) is 7.19. The Morgan fingerprint density at radius 3 is 2.61 bits per heavy atom. The van der Waals surface area contributed by atoms with Gasteiger partial charge in [-0.3, -0.25) is 4.79 Å². The maximum Gasteiger partial charge on any atom is 0.295 e. The standard InChI is InChI=1S/C17H16N2O3S/c1-21-19-16(20)14-9-5-6-10-15(14)18-17(19)23-12-11-22-13-7-3-2-4-8-13/h2-10H,11-12H2,1H3. The summed E-state index contributed by atoms with van der Waals surface area (Å²) in [5, 5.41) is 1.06. The topological polar surface area (TPSA) is 53.4 Å². The monoisotopic (exact) mass is 328 g/mol. The molecule has 3 rings (SSSR count). The second-order valence-electron chi connectivity index (χ2n) is 4.70. The second-order valence-corrected chi connectivity index (χ2v) is 5.77. The van der Waals surface area contributed by atoms with Crippen LogP contribution >= 0.6 is 11.8 Å². The minimum atomic E-state index is -0.204. The lowest BCUT2D eigenvalue weighted by atomic mass is 10.2. The van der Waals surface area contributed by atoms with Gasteiger partial charge >= 0.3 is 0 Å². The van der Waals surface area contributed by atoms with Crippen LogP contribution in [0.4, 0.5) is 0 Å². The molecule has 0 saturated carbocycles. The highest BCUT2D eigenvalue weighted by Crippen LogP contribution is 2.17. The van der Waals surface area contributed by atoms with Crippen molar-refractivity contribution in [1.82, 2.24) is 9.71 Å². The van der Waals surface area contributed by atoms with Crippen LogP contribution in [0.3, 0.4) is 0 Å². The fourth-order valence-electron chi connectivity index (χ4n) is 2.16. The van der Waals surface area contributed by atoms with E-state index >= 15 is 0 Å². The average molecular weight is 328 g/mol. The zero-order valence-corrected chi connectivity index (χ0v) is 13.5. The number of aromatic nitrogens is 2. The molecule has 0 radical (unpaired) electrons. The van der Waals surface area contributed by atoms with Crippen LogP contribution in [0, 0.1) is 0 Å². The molecule has 0 aliphatic heterocycles. The van der Waals surface area contributed by atoms with E-state index in [1.807, 2.05) is 48.5 Å². The number of benzene rings is 2. The summed E-state index contributed by atoms with van der Waals surface area (Å²) in [6.45, 7) is 0.515. The molecule has 0 atom stereocenters. The van der Waals surface area contributed by atoms with Crippen molar-refractivity contribution in [3.05, 3.63) is 65.0 Å². The van der Waals surface area contributed by atoms with Crippen LogP contribution in [0.5, 0.6) is 5.75 Å². The Labute approximate surface area is 137 Å². The molecule has 0 amide bonds. The molecule has 6 heteroatoms. The van der Waals surface area contributed by atoms with E-state index < -0.39 is 0 Å². The maximum absolute atomic E-state index is 12.4. The summed E-state index contributed by atoms with van der Waals surface area (Å²) in [5.41, 5.74) is 0.460.